The molecule has 0 spiro atoms. The van der Waals surface area contributed by atoms with E-state index < -0.39 is 0 Å². The first-order valence-corrected chi connectivity index (χ1v) is 10.6. The van der Waals surface area contributed by atoms with Crippen LogP contribution in [0.5, 0.6) is 23.0 Å². The molecule has 5 nitrogen and oxygen atoms in total. The Bertz CT molecular complexity index is 975. The normalized spacial score (nSPS) is 10.4. The Labute approximate surface area is 185 Å². The lowest BCUT2D eigenvalue weighted by atomic mass is 10.1. The van der Waals surface area contributed by atoms with Crippen LogP contribution >= 0.6 is 15.9 Å². The highest BCUT2D eigenvalue weighted by molar-refractivity contribution is 9.10. The Kier molecular flexibility index (Phi) is 7.74. The second-order valence-electron chi connectivity index (χ2n) is 6.46. The van der Waals surface area contributed by atoms with Crippen LogP contribution in [-0.4, -0.2) is 19.1 Å². The van der Waals surface area contributed by atoms with Gasteiger partial charge in [-0.1, -0.05) is 25.1 Å². The van der Waals surface area contributed by atoms with Crippen LogP contribution in [0.2, 0.25) is 0 Å². The number of ether oxygens (including phenoxy) is 3. The minimum atomic E-state index is -0.240. The topological polar surface area (TPSA) is 56.8 Å². The van der Waals surface area contributed by atoms with Gasteiger partial charge in [-0.2, -0.15) is 0 Å². The number of rotatable bonds is 9. The molecule has 0 aliphatic rings. The number of benzene rings is 3. The van der Waals surface area contributed by atoms with Crippen LogP contribution < -0.4 is 19.5 Å². The summed E-state index contributed by atoms with van der Waals surface area (Å²) in [5, 5.41) is 2.90. The third-order valence-electron chi connectivity index (χ3n) is 4.11. The molecule has 0 atom stereocenters. The maximum absolute atomic E-state index is 12.8. The SMILES string of the molecule is CCCOc1c(Br)cc(C(=O)Nc2ccc(Oc3ccccc3)cc2)cc1OCC. The molecular formula is C24H24BrNO4. The second kappa shape index (κ2) is 10.7. The number of anilines is 1. The molecule has 0 aliphatic heterocycles. The van der Waals surface area contributed by atoms with Gasteiger partial charge in [-0.05, 0) is 77.8 Å². The van der Waals surface area contributed by atoms with Gasteiger partial charge in [-0.3, -0.25) is 4.79 Å². The zero-order valence-corrected chi connectivity index (χ0v) is 18.6. The number of halogens is 1. The molecule has 0 aliphatic carbocycles. The Morgan fingerprint density at radius 1 is 0.933 bits per heavy atom. The molecule has 0 unspecified atom stereocenters. The maximum Gasteiger partial charge on any atom is 0.255 e. The third-order valence-corrected chi connectivity index (χ3v) is 4.70. The number of nitrogens with one attached hydrogen (secondary N) is 1. The number of para-hydroxylation sites is 1. The van der Waals surface area contributed by atoms with Gasteiger partial charge in [-0.15, -0.1) is 0 Å². The highest BCUT2D eigenvalue weighted by Gasteiger charge is 2.16. The molecule has 6 heteroatoms. The predicted octanol–water partition coefficient (Wildman–Crippen LogP) is 6.68. The Balaban J connectivity index is 1.72. The molecule has 0 radical (unpaired) electrons. The lowest BCUT2D eigenvalue weighted by Crippen LogP contribution is -2.12. The molecule has 0 heterocycles. The van der Waals surface area contributed by atoms with Crippen LogP contribution in [0.4, 0.5) is 5.69 Å². The zero-order valence-electron chi connectivity index (χ0n) is 17.0. The standard InChI is InChI=1S/C24H24BrNO4/c1-3-14-29-23-21(25)15-17(16-22(23)28-4-2)24(27)26-18-10-12-20(13-11-18)30-19-8-6-5-7-9-19/h5-13,15-16H,3-4,14H2,1-2H3,(H,26,27). The van der Waals surface area contributed by atoms with Crippen LogP contribution in [0.15, 0.2) is 71.2 Å². The summed E-state index contributed by atoms with van der Waals surface area (Å²) in [6.07, 6.45) is 0.879. The van der Waals surface area contributed by atoms with Crippen molar-refractivity contribution in [1.82, 2.24) is 0 Å². The number of amides is 1. The van der Waals surface area contributed by atoms with E-state index in [0.29, 0.717) is 46.2 Å². The van der Waals surface area contributed by atoms with Crippen molar-refractivity contribution in [3.05, 3.63) is 76.8 Å². The fourth-order valence-corrected chi connectivity index (χ4v) is 3.30. The molecule has 156 valence electrons. The molecule has 1 amide bonds. The Morgan fingerprint density at radius 2 is 1.63 bits per heavy atom. The summed E-state index contributed by atoms with van der Waals surface area (Å²) < 4.78 is 17.9. The summed E-state index contributed by atoms with van der Waals surface area (Å²) in [5.74, 6) is 2.36. The lowest BCUT2D eigenvalue weighted by molar-refractivity contribution is 0.102. The van der Waals surface area contributed by atoms with Gasteiger partial charge in [0.15, 0.2) is 11.5 Å². The van der Waals surface area contributed by atoms with Crippen molar-refractivity contribution in [3.63, 3.8) is 0 Å². The van der Waals surface area contributed by atoms with Gasteiger partial charge in [0.1, 0.15) is 11.5 Å². The Morgan fingerprint density at radius 3 is 2.30 bits per heavy atom. The lowest BCUT2D eigenvalue weighted by Gasteiger charge is -2.15. The van der Waals surface area contributed by atoms with E-state index in [4.69, 9.17) is 14.2 Å². The Hall–Kier alpha value is -2.99. The van der Waals surface area contributed by atoms with E-state index in [2.05, 4.69) is 21.2 Å². The summed E-state index contributed by atoms with van der Waals surface area (Å²) >= 11 is 3.49. The predicted molar refractivity (Wildman–Crippen MR) is 122 cm³/mol. The average molecular weight is 470 g/mol. The number of hydrogen-bond acceptors (Lipinski definition) is 4. The van der Waals surface area contributed by atoms with Crippen molar-refractivity contribution < 1.29 is 19.0 Å². The summed E-state index contributed by atoms with van der Waals surface area (Å²) in [4.78, 5) is 12.8. The molecule has 1 N–H and O–H groups in total. The average Bonchev–Trinajstić information content (AvgIpc) is 2.75. The van der Waals surface area contributed by atoms with Crippen molar-refractivity contribution in [2.24, 2.45) is 0 Å². The molecule has 3 rings (SSSR count). The van der Waals surface area contributed by atoms with Gasteiger partial charge in [0.05, 0.1) is 17.7 Å². The first kappa shape index (κ1) is 21.7. The maximum atomic E-state index is 12.8. The molecule has 0 saturated heterocycles. The van der Waals surface area contributed by atoms with E-state index in [0.717, 1.165) is 12.2 Å². The van der Waals surface area contributed by atoms with Gasteiger partial charge in [0.25, 0.3) is 5.91 Å². The van der Waals surface area contributed by atoms with Gasteiger partial charge < -0.3 is 19.5 Å². The van der Waals surface area contributed by atoms with Crippen molar-refractivity contribution >= 4 is 27.5 Å². The molecule has 0 fully saturated rings. The van der Waals surface area contributed by atoms with E-state index in [-0.39, 0.29) is 5.91 Å². The first-order chi connectivity index (χ1) is 14.6. The van der Waals surface area contributed by atoms with E-state index >= 15 is 0 Å². The van der Waals surface area contributed by atoms with Gasteiger partial charge in [0.2, 0.25) is 0 Å². The number of carbonyl (C=O) groups excluding carboxylic acids is 1. The quantitative estimate of drug-likeness (QED) is 0.379. The van der Waals surface area contributed by atoms with Crippen molar-refractivity contribution in [3.8, 4) is 23.0 Å². The highest BCUT2D eigenvalue weighted by Crippen LogP contribution is 2.37. The van der Waals surface area contributed by atoms with Crippen molar-refractivity contribution in [2.75, 3.05) is 18.5 Å². The molecule has 3 aromatic rings. The van der Waals surface area contributed by atoms with E-state index in [1.807, 2.05) is 56.3 Å². The van der Waals surface area contributed by atoms with Crippen molar-refractivity contribution in [1.29, 1.82) is 0 Å². The smallest absolute Gasteiger partial charge is 0.255 e. The number of hydrogen-bond donors (Lipinski definition) is 1. The van der Waals surface area contributed by atoms with Gasteiger partial charge in [-0.25, -0.2) is 0 Å². The van der Waals surface area contributed by atoms with Gasteiger partial charge in [0, 0.05) is 11.3 Å². The van der Waals surface area contributed by atoms with E-state index in [1.54, 1.807) is 24.3 Å². The third kappa shape index (κ3) is 5.76. The monoisotopic (exact) mass is 469 g/mol. The van der Waals surface area contributed by atoms with Crippen LogP contribution in [0, 0.1) is 0 Å². The van der Waals surface area contributed by atoms with Crippen LogP contribution in [0.25, 0.3) is 0 Å². The minimum Gasteiger partial charge on any atom is -0.490 e. The zero-order chi connectivity index (χ0) is 21.3. The van der Waals surface area contributed by atoms with E-state index in [1.165, 1.54) is 0 Å². The molecule has 0 saturated carbocycles. The van der Waals surface area contributed by atoms with Crippen LogP contribution in [-0.2, 0) is 0 Å². The fraction of sp³-hybridized carbons (Fsp3) is 0.208. The molecular weight excluding hydrogens is 446 g/mol. The van der Waals surface area contributed by atoms with Crippen LogP contribution in [0.3, 0.4) is 0 Å². The molecule has 30 heavy (non-hydrogen) atoms. The van der Waals surface area contributed by atoms with Gasteiger partial charge >= 0.3 is 0 Å². The first-order valence-electron chi connectivity index (χ1n) is 9.84. The highest BCUT2D eigenvalue weighted by atomic mass is 79.9. The molecule has 3 aromatic carbocycles. The minimum absolute atomic E-state index is 0.240. The second-order valence-corrected chi connectivity index (χ2v) is 7.31. The number of carbonyl (C=O) groups is 1. The fourth-order valence-electron chi connectivity index (χ4n) is 2.74. The largest absolute Gasteiger partial charge is 0.490 e. The van der Waals surface area contributed by atoms with Crippen molar-refractivity contribution in [2.45, 2.75) is 20.3 Å². The van der Waals surface area contributed by atoms with Crippen LogP contribution in [0.1, 0.15) is 30.6 Å². The summed E-state index contributed by atoms with van der Waals surface area (Å²) in [5.41, 5.74) is 1.14. The summed E-state index contributed by atoms with van der Waals surface area (Å²) in [6, 6.07) is 20.2. The summed E-state index contributed by atoms with van der Waals surface area (Å²) in [7, 11) is 0. The molecule has 0 aromatic heterocycles. The molecule has 0 bridgehead atoms. The summed E-state index contributed by atoms with van der Waals surface area (Å²) in [6.45, 7) is 4.97. The van der Waals surface area contributed by atoms with E-state index in [9.17, 15) is 4.79 Å².